The third-order valence-corrected chi connectivity index (χ3v) is 5.31. The van der Waals surface area contributed by atoms with Gasteiger partial charge in [0.05, 0.1) is 11.3 Å². The number of benzene rings is 2. The monoisotopic (exact) mass is 367 g/mol. The number of halogens is 1. The lowest BCUT2D eigenvalue weighted by Crippen LogP contribution is -2.57. The van der Waals surface area contributed by atoms with E-state index < -0.39 is 5.82 Å². The molecule has 0 aliphatic carbocycles. The zero-order valence-electron chi connectivity index (χ0n) is 15.2. The molecular weight excluding hydrogens is 345 g/mol. The summed E-state index contributed by atoms with van der Waals surface area (Å²) in [5, 5.41) is 2.71. The summed E-state index contributed by atoms with van der Waals surface area (Å²) < 4.78 is 13.3. The first kappa shape index (κ1) is 17.5. The average Bonchev–Trinajstić information content (AvgIpc) is 2.68. The number of amides is 2. The van der Waals surface area contributed by atoms with Gasteiger partial charge in [0.2, 0.25) is 0 Å². The Bertz CT molecular complexity index is 899. The molecule has 2 aromatic rings. The van der Waals surface area contributed by atoms with Crippen LogP contribution < -0.4 is 10.2 Å². The number of carbonyl (C=O) groups is 2. The van der Waals surface area contributed by atoms with Gasteiger partial charge in [-0.3, -0.25) is 9.59 Å². The van der Waals surface area contributed by atoms with Crippen LogP contribution in [-0.2, 0) is 0 Å². The molecule has 27 heavy (non-hydrogen) atoms. The van der Waals surface area contributed by atoms with Gasteiger partial charge in [-0.1, -0.05) is 6.07 Å². The Kier molecular flexibility index (Phi) is 4.56. The van der Waals surface area contributed by atoms with Crippen LogP contribution in [0.15, 0.2) is 42.5 Å². The Morgan fingerprint density at radius 1 is 1.22 bits per heavy atom. The third kappa shape index (κ3) is 3.16. The highest BCUT2D eigenvalue weighted by molar-refractivity contribution is 6.08. The number of piperidine rings is 1. The van der Waals surface area contributed by atoms with Crippen molar-refractivity contribution in [1.29, 1.82) is 0 Å². The van der Waals surface area contributed by atoms with Gasteiger partial charge in [-0.05, 0) is 62.6 Å². The van der Waals surface area contributed by atoms with Crippen molar-refractivity contribution in [3.8, 4) is 0 Å². The Morgan fingerprint density at radius 2 is 2.07 bits per heavy atom. The Morgan fingerprint density at radius 3 is 2.85 bits per heavy atom. The van der Waals surface area contributed by atoms with E-state index in [1.54, 1.807) is 30.3 Å². The summed E-state index contributed by atoms with van der Waals surface area (Å²) in [5.74, 6) is -0.687. The second-order valence-corrected chi connectivity index (χ2v) is 6.96. The summed E-state index contributed by atoms with van der Waals surface area (Å²) in [5.41, 5.74) is 2.29. The van der Waals surface area contributed by atoms with Crippen LogP contribution in [0, 0.1) is 5.82 Å². The lowest BCUT2D eigenvalue weighted by Gasteiger charge is -2.47. The molecule has 5 nitrogen and oxygen atoms in total. The molecular formula is C21H22FN3O2. The second-order valence-electron chi connectivity index (χ2n) is 6.96. The molecule has 2 aromatic carbocycles. The van der Waals surface area contributed by atoms with Gasteiger partial charge < -0.3 is 15.1 Å². The molecule has 0 radical (unpaired) electrons. The van der Waals surface area contributed by atoms with Crippen molar-refractivity contribution < 1.29 is 14.0 Å². The molecule has 2 amide bonds. The number of fused-ring (bicyclic) bond motifs is 2. The highest BCUT2D eigenvalue weighted by Gasteiger charge is 2.38. The number of anilines is 2. The normalized spacial score (nSPS) is 18.7. The van der Waals surface area contributed by atoms with Crippen LogP contribution in [0.1, 0.15) is 46.9 Å². The smallest absolute Gasteiger partial charge is 0.257 e. The maximum absolute atomic E-state index is 13.3. The van der Waals surface area contributed by atoms with Gasteiger partial charge in [-0.15, -0.1) is 0 Å². The van der Waals surface area contributed by atoms with Crippen LogP contribution >= 0.6 is 0 Å². The van der Waals surface area contributed by atoms with Crippen molar-refractivity contribution in [2.24, 2.45) is 0 Å². The van der Waals surface area contributed by atoms with E-state index in [4.69, 9.17) is 0 Å². The first-order chi connectivity index (χ1) is 13.1. The zero-order chi connectivity index (χ0) is 19.0. The summed E-state index contributed by atoms with van der Waals surface area (Å²) in [6.45, 7) is 3.60. The largest absolute Gasteiger partial charge is 0.351 e. The predicted molar refractivity (Wildman–Crippen MR) is 102 cm³/mol. The number of nitrogens with one attached hydrogen (secondary N) is 1. The minimum absolute atomic E-state index is 0.0384. The molecule has 0 unspecified atom stereocenters. The Balaban J connectivity index is 1.66. The first-order valence-electron chi connectivity index (χ1n) is 9.37. The average molecular weight is 367 g/mol. The quantitative estimate of drug-likeness (QED) is 0.896. The van der Waals surface area contributed by atoms with Crippen molar-refractivity contribution in [2.75, 3.05) is 23.3 Å². The molecule has 0 saturated carbocycles. The number of carbonyl (C=O) groups excluding carboxylic acids is 2. The van der Waals surface area contributed by atoms with Crippen LogP contribution in [0.5, 0.6) is 0 Å². The van der Waals surface area contributed by atoms with Crippen LogP contribution in [0.4, 0.5) is 15.8 Å². The van der Waals surface area contributed by atoms with E-state index in [9.17, 15) is 14.0 Å². The third-order valence-electron chi connectivity index (χ3n) is 5.31. The molecule has 140 valence electrons. The Labute approximate surface area is 157 Å². The van der Waals surface area contributed by atoms with Gasteiger partial charge in [0.15, 0.2) is 0 Å². The number of nitrogens with zero attached hydrogens (tertiary/aromatic N) is 2. The summed E-state index contributed by atoms with van der Waals surface area (Å²) in [7, 11) is 0. The molecule has 6 heteroatoms. The molecule has 2 heterocycles. The fourth-order valence-corrected chi connectivity index (χ4v) is 4.03. The second kappa shape index (κ2) is 7.02. The van der Waals surface area contributed by atoms with E-state index >= 15 is 0 Å². The molecule has 0 aromatic heterocycles. The van der Waals surface area contributed by atoms with Crippen molar-refractivity contribution in [2.45, 2.75) is 32.4 Å². The maximum atomic E-state index is 13.3. The van der Waals surface area contributed by atoms with E-state index in [1.165, 1.54) is 12.1 Å². The minimum atomic E-state index is -0.404. The van der Waals surface area contributed by atoms with Gasteiger partial charge in [-0.2, -0.15) is 0 Å². The lowest BCUT2D eigenvalue weighted by atomic mass is 9.97. The van der Waals surface area contributed by atoms with Crippen molar-refractivity contribution in [3.63, 3.8) is 0 Å². The molecule has 4 rings (SSSR count). The molecule has 0 spiro atoms. The fraction of sp³-hybridized carbons (Fsp3) is 0.333. The predicted octanol–water partition coefficient (Wildman–Crippen LogP) is 3.87. The van der Waals surface area contributed by atoms with E-state index in [2.05, 4.69) is 17.1 Å². The van der Waals surface area contributed by atoms with Gasteiger partial charge in [0, 0.05) is 24.3 Å². The first-order valence-corrected chi connectivity index (χ1v) is 9.37. The van der Waals surface area contributed by atoms with Crippen LogP contribution in [0.3, 0.4) is 0 Å². The van der Waals surface area contributed by atoms with E-state index in [0.29, 0.717) is 16.8 Å². The molecule has 1 N–H and O–H groups in total. The molecule has 1 saturated heterocycles. The highest BCUT2D eigenvalue weighted by atomic mass is 19.1. The molecule has 2 aliphatic heterocycles. The zero-order valence-corrected chi connectivity index (χ0v) is 15.2. The summed E-state index contributed by atoms with van der Waals surface area (Å²) in [4.78, 5) is 29.7. The number of hydrogen-bond donors (Lipinski definition) is 1. The maximum Gasteiger partial charge on any atom is 0.257 e. The topological polar surface area (TPSA) is 52.7 Å². The van der Waals surface area contributed by atoms with Crippen molar-refractivity contribution in [3.05, 3.63) is 59.4 Å². The van der Waals surface area contributed by atoms with Gasteiger partial charge in [-0.25, -0.2) is 4.39 Å². The van der Waals surface area contributed by atoms with E-state index in [-0.39, 0.29) is 18.0 Å². The summed E-state index contributed by atoms with van der Waals surface area (Å²) in [6.07, 6.45) is 3.13. The van der Waals surface area contributed by atoms with Crippen molar-refractivity contribution >= 4 is 23.2 Å². The minimum Gasteiger partial charge on any atom is -0.351 e. The lowest BCUT2D eigenvalue weighted by molar-refractivity contribution is 0.0582. The number of rotatable bonds is 3. The van der Waals surface area contributed by atoms with Crippen LogP contribution in [-0.4, -0.2) is 36.0 Å². The molecule has 0 bridgehead atoms. The molecule has 2 aliphatic rings. The summed E-state index contributed by atoms with van der Waals surface area (Å²) >= 11 is 0. The van der Waals surface area contributed by atoms with Crippen LogP contribution in [0.2, 0.25) is 0 Å². The Hall–Kier alpha value is -2.89. The van der Waals surface area contributed by atoms with Gasteiger partial charge in [0.1, 0.15) is 12.0 Å². The highest BCUT2D eigenvalue weighted by Crippen LogP contribution is 2.35. The SMILES string of the molecule is CCN1c2cc(C(=O)Nc3cccc(F)c3)ccc2C(=O)N2CCCC[C@@H]21. The standard InChI is InChI=1S/C21H22FN3O2/c1-2-24-18-12-14(20(26)23-16-7-5-6-15(22)13-16)9-10-17(18)21(27)25-11-4-3-8-19(24)25/h5-7,9-10,12-13,19H,2-4,8,11H2,1H3,(H,23,26)/t19-/m1/s1. The van der Waals surface area contributed by atoms with Gasteiger partial charge in [0.25, 0.3) is 11.8 Å². The van der Waals surface area contributed by atoms with Gasteiger partial charge >= 0.3 is 0 Å². The van der Waals surface area contributed by atoms with Crippen LogP contribution in [0.25, 0.3) is 0 Å². The summed E-state index contributed by atoms with van der Waals surface area (Å²) in [6, 6.07) is 11.0. The fourth-order valence-electron chi connectivity index (χ4n) is 4.03. The number of hydrogen-bond acceptors (Lipinski definition) is 3. The van der Waals surface area contributed by atoms with E-state index in [0.717, 1.165) is 38.0 Å². The van der Waals surface area contributed by atoms with Crippen molar-refractivity contribution in [1.82, 2.24) is 4.90 Å². The van der Waals surface area contributed by atoms with E-state index in [1.807, 2.05) is 4.90 Å². The molecule has 1 atom stereocenters. The molecule has 1 fully saturated rings.